The van der Waals surface area contributed by atoms with Crippen molar-refractivity contribution >= 4 is 40.8 Å². The van der Waals surface area contributed by atoms with Crippen molar-refractivity contribution in [1.82, 2.24) is 0 Å². The van der Waals surface area contributed by atoms with Crippen LogP contribution in [0.1, 0.15) is 6.42 Å². The molecule has 1 aromatic carbocycles. The lowest BCUT2D eigenvalue weighted by molar-refractivity contribution is -0.148. The molecule has 0 aromatic heterocycles. The average molecular weight is 306 g/mol. The molecule has 0 bridgehead atoms. The molecule has 1 rings (SSSR count). The molecular formula is C12H13Cl2NO4. The highest BCUT2D eigenvalue weighted by atomic mass is 35.5. The number of benzene rings is 1. The molecule has 0 aliphatic rings. The van der Waals surface area contributed by atoms with Crippen LogP contribution in [-0.4, -0.2) is 32.2 Å². The summed E-state index contributed by atoms with van der Waals surface area (Å²) in [4.78, 5) is 22.8. The molecule has 19 heavy (non-hydrogen) atoms. The molecule has 1 unspecified atom stereocenters. The number of rotatable bonds is 5. The minimum atomic E-state index is -0.869. The van der Waals surface area contributed by atoms with E-state index in [2.05, 4.69) is 14.8 Å². The molecule has 1 atom stereocenters. The van der Waals surface area contributed by atoms with Crippen LogP contribution in [0.15, 0.2) is 18.2 Å². The Morgan fingerprint density at radius 3 is 2.21 bits per heavy atom. The minimum absolute atomic E-state index is 0.159. The lowest BCUT2D eigenvalue weighted by Crippen LogP contribution is -2.33. The SMILES string of the molecule is COC(=O)CC(Nc1cc(Cl)cc(Cl)c1)C(=O)OC. The molecule has 0 radical (unpaired) electrons. The summed E-state index contributed by atoms with van der Waals surface area (Å²) in [5, 5.41) is 3.66. The Balaban J connectivity index is 2.87. The maximum absolute atomic E-state index is 11.6. The Labute approximate surface area is 120 Å². The molecule has 0 heterocycles. The Bertz CT molecular complexity index is 459. The Kier molecular flexibility index (Phi) is 5.92. The third-order valence-corrected chi connectivity index (χ3v) is 2.72. The van der Waals surface area contributed by atoms with E-state index in [0.717, 1.165) is 0 Å². The van der Waals surface area contributed by atoms with Crippen LogP contribution in [0.3, 0.4) is 0 Å². The zero-order valence-electron chi connectivity index (χ0n) is 10.4. The summed E-state index contributed by atoms with van der Waals surface area (Å²) < 4.78 is 9.14. The van der Waals surface area contributed by atoms with E-state index in [1.165, 1.54) is 14.2 Å². The molecule has 7 heteroatoms. The second kappa shape index (κ2) is 7.21. The molecule has 1 aromatic rings. The molecule has 5 nitrogen and oxygen atoms in total. The Hall–Kier alpha value is -1.46. The highest BCUT2D eigenvalue weighted by Crippen LogP contribution is 2.23. The predicted octanol–water partition coefficient (Wildman–Crippen LogP) is 2.51. The highest BCUT2D eigenvalue weighted by molar-refractivity contribution is 6.35. The standard InChI is InChI=1S/C12H13Cl2NO4/c1-18-11(16)6-10(12(17)19-2)15-9-4-7(13)3-8(14)5-9/h3-5,10,15H,6H2,1-2H3. The molecule has 1 N–H and O–H groups in total. The lowest BCUT2D eigenvalue weighted by atomic mass is 10.2. The Morgan fingerprint density at radius 2 is 1.74 bits per heavy atom. The van der Waals surface area contributed by atoms with E-state index in [-0.39, 0.29) is 6.42 Å². The first kappa shape index (κ1) is 15.6. The number of hydrogen-bond donors (Lipinski definition) is 1. The van der Waals surface area contributed by atoms with Crippen LogP contribution < -0.4 is 5.32 Å². The number of methoxy groups -OCH3 is 2. The first-order valence-electron chi connectivity index (χ1n) is 5.33. The second-order valence-corrected chi connectivity index (χ2v) is 4.53. The van der Waals surface area contributed by atoms with Gasteiger partial charge < -0.3 is 14.8 Å². The van der Waals surface area contributed by atoms with E-state index >= 15 is 0 Å². The zero-order chi connectivity index (χ0) is 14.4. The van der Waals surface area contributed by atoms with Crippen LogP contribution in [0.5, 0.6) is 0 Å². The summed E-state index contributed by atoms with van der Waals surface area (Å²) >= 11 is 11.7. The molecule has 0 fully saturated rings. The van der Waals surface area contributed by atoms with Gasteiger partial charge in [0.15, 0.2) is 0 Å². The van der Waals surface area contributed by atoms with Crippen molar-refractivity contribution in [1.29, 1.82) is 0 Å². The van der Waals surface area contributed by atoms with Crippen molar-refractivity contribution in [3.63, 3.8) is 0 Å². The van der Waals surface area contributed by atoms with Crippen molar-refractivity contribution < 1.29 is 19.1 Å². The van der Waals surface area contributed by atoms with Crippen LogP contribution >= 0.6 is 23.2 Å². The van der Waals surface area contributed by atoms with Crippen molar-refractivity contribution in [3.8, 4) is 0 Å². The number of halogens is 2. The molecule has 0 spiro atoms. The largest absolute Gasteiger partial charge is 0.469 e. The number of hydrogen-bond acceptors (Lipinski definition) is 5. The van der Waals surface area contributed by atoms with Gasteiger partial charge >= 0.3 is 11.9 Å². The van der Waals surface area contributed by atoms with Crippen molar-refractivity contribution in [2.45, 2.75) is 12.5 Å². The van der Waals surface area contributed by atoms with Gasteiger partial charge in [-0.2, -0.15) is 0 Å². The van der Waals surface area contributed by atoms with Crippen LogP contribution in [0, 0.1) is 0 Å². The van der Waals surface area contributed by atoms with E-state index in [9.17, 15) is 9.59 Å². The second-order valence-electron chi connectivity index (χ2n) is 3.66. The molecule has 0 saturated carbocycles. The van der Waals surface area contributed by atoms with Gasteiger partial charge in [0.25, 0.3) is 0 Å². The van der Waals surface area contributed by atoms with Gasteiger partial charge in [-0.25, -0.2) is 4.79 Å². The monoisotopic (exact) mass is 305 g/mol. The maximum Gasteiger partial charge on any atom is 0.328 e. The number of ether oxygens (including phenoxy) is 2. The molecule has 104 valence electrons. The van der Waals surface area contributed by atoms with E-state index in [1.54, 1.807) is 18.2 Å². The highest BCUT2D eigenvalue weighted by Gasteiger charge is 2.23. The van der Waals surface area contributed by atoms with E-state index in [0.29, 0.717) is 15.7 Å². The van der Waals surface area contributed by atoms with E-state index in [1.807, 2.05) is 0 Å². The fraction of sp³-hybridized carbons (Fsp3) is 0.333. The van der Waals surface area contributed by atoms with Crippen molar-refractivity contribution in [2.24, 2.45) is 0 Å². The van der Waals surface area contributed by atoms with Crippen LogP contribution in [0.4, 0.5) is 5.69 Å². The summed E-state index contributed by atoms with van der Waals surface area (Å²) in [7, 11) is 2.48. The summed E-state index contributed by atoms with van der Waals surface area (Å²) in [5.74, 6) is -1.11. The van der Waals surface area contributed by atoms with Crippen LogP contribution in [-0.2, 0) is 19.1 Å². The van der Waals surface area contributed by atoms with Gasteiger partial charge in [0.05, 0.1) is 20.6 Å². The summed E-state index contributed by atoms with van der Waals surface area (Å²) in [6, 6.07) is 3.86. The number of esters is 2. The normalized spacial score (nSPS) is 11.6. The van der Waals surface area contributed by atoms with Gasteiger partial charge in [0.2, 0.25) is 0 Å². The van der Waals surface area contributed by atoms with Crippen molar-refractivity contribution in [2.75, 3.05) is 19.5 Å². The number of nitrogens with one attached hydrogen (secondary N) is 1. The smallest absolute Gasteiger partial charge is 0.328 e. The quantitative estimate of drug-likeness (QED) is 0.847. The molecular weight excluding hydrogens is 293 g/mol. The van der Waals surface area contributed by atoms with Gasteiger partial charge in [0, 0.05) is 15.7 Å². The number of carbonyl (C=O) groups excluding carboxylic acids is 2. The van der Waals surface area contributed by atoms with Gasteiger partial charge in [-0.3, -0.25) is 4.79 Å². The number of carbonyl (C=O) groups is 2. The van der Waals surface area contributed by atoms with E-state index < -0.39 is 18.0 Å². The van der Waals surface area contributed by atoms with Crippen molar-refractivity contribution in [3.05, 3.63) is 28.2 Å². The molecule has 0 aliphatic carbocycles. The van der Waals surface area contributed by atoms with Crippen LogP contribution in [0.25, 0.3) is 0 Å². The summed E-state index contributed by atoms with van der Waals surface area (Å²) in [6.45, 7) is 0. The Morgan fingerprint density at radius 1 is 1.16 bits per heavy atom. The topological polar surface area (TPSA) is 64.6 Å². The molecule has 0 aliphatic heterocycles. The van der Waals surface area contributed by atoms with Crippen LogP contribution in [0.2, 0.25) is 10.0 Å². The maximum atomic E-state index is 11.6. The average Bonchev–Trinajstić information content (AvgIpc) is 2.35. The molecule has 0 saturated heterocycles. The van der Waals surface area contributed by atoms with Gasteiger partial charge in [0.1, 0.15) is 6.04 Å². The fourth-order valence-corrected chi connectivity index (χ4v) is 1.95. The predicted molar refractivity (Wildman–Crippen MR) is 72.5 cm³/mol. The zero-order valence-corrected chi connectivity index (χ0v) is 11.9. The van der Waals surface area contributed by atoms with Gasteiger partial charge in [-0.05, 0) is 18.2 Å². The first-order valence-corrected chi connectivity index (χ1v) is 6.09. The third-order valence-electron chi connectivity index (χ3n) is 2.29. The first-order chi connectivity index (χ1) is 8.96. The number of anilines is 1. The third kappa shape index (κ3) is 4.96. The molecule has 0 amide bonds. The summed E-state index contributed by atoms with van der Waals surface area (Å²) in [6.07, 6.45) is -0.159. The van der Waals surface area contributed by atoms with Gasteiger partial charge in [-0.1, -0.05) is 23.2 Å². The lowest BCUT2D eigenvalue weighted by Gasteiger charge is -2.16. The van der Waals surface area contributed by atoms with Gasteiger partial charge in [-0.15, -0.1) is 0 Å². The minimum Gasteiger partial charge on any atom is -0.469 e. The van der Waals surface area contributed by atoms with E-state index in [4.69, 9.17) is 23.2 Å². The summed E-state index contributed by atoms with van der Waals surface area (Å²) in [5.41, 5.74) is 0.511. The fourth-order valence-electron chi connectivity index (χ4n) is 1.42.